The van der Waals surface area contributed by atoms with Crippen LogP contribution in [0.5, 0.6) is 0 Å². The second-order valence-corrected chi connectivity index (χ2v) is 10.0. The maximum atomic E-state index is 5.81. The molecule has 4 aromatic rings. The summed E-state index contributed by atoms with van der Waals surface area (Å²) in [5.74, 6) is 1.88. The fourth-order valence-electron chi connectivity index (χ4n) is 3.31. The van der Waals surface area contributed by atoms with Gasteiger partial charge in [0.25, 0.3) is 0 Å². The monoisotopic (exact) mass is 459 g/mol. The molecule has 1 heterocycles. The molecule has 0 aliphatic rings. The molecular weight excluding hydrogens is 442 g/mol. The van der Waals surface area contributed by atoms with Gasteiger partial charge in [0, 0.05) is 0 Å². The fourth-order valence-corrected chi connectivity index (χ4v) is 3.31. The molecule has 1 aromatic heterocycles. The molecule has 0 aliphatic carbocycles. The summed E-state index contributed by atoms with van der Waals surface area (Å²) in [4.78, 5) is 0. The molecular formula is C22H19Cl2OZr-. The topological polar surface area (TPSA) is 13.1 Å². The Hall–Kier alpha value is -1.21. The van der Waals surface area contributed by atoms with E-state index >= 15 is 0 Å². The van der Waals surface area contributed by atoms with Crippen LogP contribution in [-0.4, -0.2) is 0 Å². The average Bonchev–Trinajstić information content (AvgIpc) is 3.23. The van der Waals surface area contributed by atoms with Crippen molar-refractivity contribution < 1.29 is 25.3 Å². The molecule has 0 unspecified atom stereocenters. The number of hydrogen-bond acceptors (Lipinski definition) is 1. The Bertz CT molecular complexity index is 1020. The van der Waals surface area contributed by atoms with Gasteiger partial charge in [-0.2, -0.15) is 0 Å². The molecule has 0 fully saturated rings. The van der Waals surface area contributed by atoms with Gasteiger partial charge >= 0.3 is 37.9 Å². The molecule has 4 heteroatoms. The van der Waals surface area contributed by atoms with Gasteiger partial charge in [0.05, 0.1) is 11.5 Å². The molecule has 4 rings (SSSR count). The van der Waals surface area contributed by atoms with Crippen molar-refractivity contribution in [2.24, 2.45) is 0 Å². The van der Waals surface area contributed by atoms with Crippen molar-refractivity contribution in [2.45, 2.75) is 20.8 Å². The minimum absolute atomic E-state index is 0.826. The zero-order valence-corrected chi connectivity index (χ0v) is 18.9. The van der Waals surface area contributed by atoms with Crippen LogP contribution in [0, 0.1) is 20.8 Å². The van der Waals surface area contributed by atoms with Crippen molar-refractivity contribution in [1.82, 2.24) is 0 Å². The van der Waals surface area contributed by atoms with Crippen LogP contribution in [0.1, 0.15) is 16.9 Å². The second kappa shape index (κ2) is 8.65. The first kappa shape index (κ1) is 19.6. The second-order valence-electron chi connectivity index (χ2n) is 6.29. The molecule has 1 nitrogen and oxygen atoms in total. The average molecular weight is 462 g/mol. The van der Waals surface area contributed by atoms with Crippen molar-refractivity contribution >= 4 is 27.8 Å². The van der Waals surface area contributed by atoms with Crippen LogP contribution < -0.4 is 0 Å². The van der Waals surface area contributed by atoms with Crippen LogP contribution in [0.25, 0.3) is 33.2 Å². The summed E-state index contributed by atoms with van der Waals surface area (Å²) < 4.78 is 5.81. The van der Waals surface area contributed by atoms with E-state index in [4.69, 9.17) is 21.4 Å². The van der Waals surface area contributed by atoms with Gasteiger partial charge in [-0.3, -0.25) is 0 Å². The summed E-state index contributed by atoms with van der Waals surface area (Å²) in [6, 6.07) is 21.5. The third kappa shape index (κ3) is 4.04. The molecule has 0 saturated carbocycles. The van der Waals surface area contributed by atoms with Crippen molar-refractivity contribution in [3.05, 3.63) is 77.6 Å². The Morgan fingerprint density at radius 2 is 1.62 bits per heavy atom. The number of fused-ring (bicyclic) bond motifs is 1. The van der Waals surface area contributed by atoms with Crippen LogP contribution >= 0.6 is 17.0 Å². The molecule has 0 radical (unpaired) electrons. The maximum absolute atomic E-state index is 5.81. The Morgan fingerprint density at radius 3 is 2.23 bits per heavy atom. The molecule has 0 N–H and O–H groups in total. The Balaban J connectivity index is 0.000000613. The molecule has 132 valence electrons. The normalized spacial score (nSPS) is 10.5. The van der Waals surface area contributed by atoms with E-state index in [2.05, 4.69) is 62.4 Å². The summed E-state index contributed by atoms with van der Waals surface area (Å²) in [6.07, 6.45) is 0. The SMILES string of the molecule is Cc1ccc(-c2cc3c(-c4ccccc4)c(C)c(C)cc3[cH-]2)o1.[Cl][Zr][Cl]. The first-order chi connectivity index (χ1) is 12.5. The van der Waals surface area contributed by atoms with Gasteiger partial charge in [-0.15, -0.1) is 29.0 Å². The van der Waals surface area contributed by atoms with Crippen molar-refractivity contribution in [1.29, 1.82) is 0 Å². The quantitative estimate of drug-likeness (QED) is 0.278. The summed E-state index contributed by atoms with van der Waals surface area (Å²) in [7, 11) is 9.87. The summed E-state index contributed by atoms with van der Waals surface area (Å²) >= 11 is -0.826. The standard InChI is InChI=1S/C22H19O.2ClH.Zr/c1-14-11-18-12-19(21-10-9-15(2)23-21)13-20(18)22(16(14)3)17-7-5-4-6-8-17;;;/h4-13H,1-3H3;2*1H;/q-1;;;+2/p-2. The van der Waals surface area contributed by atoms with E-state index in [9.17, 15) is 0 Å². The van der Waals surface area contributed by atoms with Crippen LogP contribution in [0.15, 0.2) is 65.1 Å². The fraction of sp³-hybridized carbons (Fsp3) is 0.136. The van der Waals surface area contributed by atoms with E-state index in [1.807, 2.05) is 19.1 Å². The molecule has 0 aliphatic heterocycles. The van der Waals surface area contributed by atoms with E-state index in [0.29, 0.717) is 0 Å². The summed E-state index contributed by atoms with van der Waals surface area (Å²) in [5.41, 5.74) is 6.41. The Kier molecular flexibility index (Phi) is 6.51. The van der Waals surface area contributed by atoms with Crippen LogP contribution in [0.2, 0.25) is 0 Å². The van der Waals surface area contributed by atoms with Crippen molar-refractivity contribution in [3.8, 4) is 22.5 Å². The van der Waals surface area contributed by atoms with Gasteiger partial charge in [-0.25, -0.2) is 0 Å². The van der Waals surface area contributed by atoms with E-state index in [-0.39, 0.29) is 0 Å². The number of halogens is 2. The Morgan fingerprint density at radius 1 is 0.923 bits per heavy atom. The van der Waals surface area contributed by atoms with Crippen LogP contribution in [0.4, 0.5) is 0 Å². The zero-order valence-electron chi connectivity index (χ0n) is 14.9. The predicted octanol–water partition coefficient (Wildman–Crippen LogP) is 7.79. The molecule has 0 spiro atoms. The number of aryl methyl sites for hydroxylation is 2. The zero-order chi connectivity index (χ0) is 18.7. The third-order valence-corrected chi connectivity index (χ3v) is 4.62. The molecule has 26 heavy (non-hydrogen) atoms. The summed E-state index contributed by atoms with van der Waals surface area (Å²) in [5, 5.41) is 2.57. The van der Waals surface area contributed by atoms with Gasteiger partial charge in [0.2, 0.25) is 0 Å². The molecule has 3 aromatic carbocycles. The third-order valence-electron chi connectivity index (χ3n) is 4.62. The summed E-state index contributed by atoms with van der Waals surface area (Å²) in [6.45, 7) is 6.38. The number of furan rings is 1. The molecule has 0 atom stereocenters. The molecule has 0 saturated heterocycles. The van der Waals surface area contributed by atoms with Crippen LogP contribution in [-0.2, 0) is 20.8 Å². The van der Waals surface area contributed by atoms with Gasteiger partial charge in [-0.05, 0) is 44.0 Å². The first-order valence-electron chi connectivity index (χ1n) is 8.34. The number of hydrogen-bond donors (Lipinski definition) is 0. The van der Waals surface area contributed by atoms with E-state index in [1.54, 1.807) is 0 Å². The Labute approximate surface area is 173 Å². The van der Waals surface area contributed by atoms with E-state index in [0.717, 1.165) is 17.1 Å². The van der Waals surface area contributed by atoms with Gasteiger partial charge in [0.1, 0.15) is 0 Å². The van der Waals surface area contributed by atoms with Crippen molar-refractivity contribution in [3.63, 3.8) is 0 Å². The first-order valence-corrected chi connectivity index (χ1v) is 14.7. The van der Waals surface area contributed by atoms with Gasteiger partial charge in [0.15, 0.2) is 0 Å². The number of benzene rings is 2. The minimum atomic E-state index is -0.826. The van der Waals surface area contributed by atoms with Crippen molar-refractivity contribution in [2.75, 3.05) is 0 Å². The molecule has 0 bridgehead atoms. The van der Waals surface area contributed by atoms with Gasteiger partial charge in [-0.1, -0.05) is 47.0 Å². The van der Waals surface area contributed by atoms with E-state index in [1.165, 1.54) is 33.0 Å². The number of rotatable bonds is 2. The predicted molar refractivity (Wildman–Crippen MR) is 109 cm³/mol. The van der Waals surface area contributed by atoms with Crippen LogP contribution in [0.3, 0.4) is 0 Å². The van der Waals surface area contributed by atoms with E-state index < -0.39 is 20.8 Å². The van der Waals surface area contributed by atoms with Gasteiger partial charge < -0.3 is 4.42 Å². The molecule has 0 amide bonds.